The molecule has 2 aliphatic rings. The van der Waals surface area contributed by atoms with Crippen LogP contribution < -0.4 is 5.32 Å². The Hall–Kier alpha value is -0.640. The second kappa shape index (κ2) is 5.39. The number of aromatic nitrogens is 1. The molecule has 2 fully saturated rings. The van der Waals surface area contributed by atoms with E-state index >= 15 is 0 Å². The molecule has 2 heterocycles. The summed E-state index contributed by atoms with van der Waals surface area (Å²) in [5.74, 6) is 0. The zero-order valence-corrected chi connectivity index (χ0v) is 12.3. The van der Waals surface area contributed by atoms with E-state index in [-0.39, 0.29) is 0 Å². The van der Waals surface area contributed by atoms with E-state index in [1.807, 2.05) is 12.3 Å². The molecule has 0 amide bonds. The number of piperazine rings is 1. The van der Waals surface area contributed by atoms with Crippen LogP contribution in [-0.4, -0.2) is 34.6 Å². The summed E-state index contributed by atoms with van der Waals surface area (Å²) >= 11 is 6.24. The van der Waals surface area contributed by atoms with Crippen molar-refractivity contribution in [3.63, 3.8) is 0 Å². The van der Waals surface area contributed by atoms with E-state index < -0.39 is 0 Å². The highest BCUT2D eigenvalue weighted by atomic mass is 35.5. The smallest absolute Gasteiger partial charge is 0.0634 e. The molecule has 1 unspecified atom stereocenters. The third-order valence-electron chi connectivity index (χ3n) is 4.69. The predicted octanol–water partition coefficient (Wildman–Crippen LogP) is 2.84. The summed E-state index contributed by atoms with van der Waals surface area (Å²) in [5, 5.41) is 4.57. The van der Waals surface area contributed by atoms with E-state index in [2.05, 4.69) is 22.1 Å². The maximum atomic E-state index is 6.24. The van der Waals surface area contributed by atoms with Crippen LogP contribution in [0, 0.1) is 0 Å². The summed E-state index contributed by atoms with van der Waals surface area (Å²) in [4.78, 5) is 6.64. The molecule has 1 aliphatic heterocycles. The van der Waals surface area contributed by atoms with Crippen molar-refractivity contribution < 1.29 is 0 Å². The fourth-order valence-corrected chi connectivity index (χ4v) is 3.62. The molecule has 1 N–H and O–H groups in total. The first-order valence-electron chi connectivity index (χ1n) is 7.26. The Balaban J connectivity index is 1.73. The van der Waals surface area contributed by atoms with E-state index in [0.29, 0.717) is 11.6 Å². The molecule has 3 nitrogen and oxygen atoms in total. The maximum Gasteiger partial charge on any atom is 0.0634 e. The van der Waals surface area contributed by atoms with E-state index in [9.17, 15) is 0 Å². The average Bonchev–Trinajstić information content (AvgIpc) is 2.85. The van der Waals surface area contributed by atoms with Crippen molar-refractivity contribution in [2.24, 2.45) is 0 Å². The van der Waals surface area contributed by atoms with Crippen LogP contribution >= 0.6 is 11.6 Å². The molecule has 3 rings (SSSR count). The fourth-order valence-electron chi connectivity index (χ4n) is 3.44. The molecular weight excluding hydrogens is 258 g/mol. The summed E-state index contributed by atoms with van der Waals surface area (Å²) < 4.78 is 0. The van der Waals surface area contributed by atoms with Crippen LogP contribution in [0.2, 0.25) is 5.02 Å². The highest BCUT2D eigenvalue weighted by molar-refractivity contribution is 6.31. The maximum absolute atomic E-state index is 6.24. The lowest BCUT2D eigenvalue weighted by Gasteiger charge is -2.45. The van der Waals surface area contributed by atoms with E-state index in [1.165, 1.54) is 31.2 Å². The summed E-state index contributed by atoms with van der Waals surface area (Å²) in [7, 11) is 0. The van der Waals surface area contributed by atoms with Crippen molar-refractivity contribution in [3.05, 3.63) is 29.0 Å². The van der Waals surface area contributed by atoms with Gasteiger partial charge in [-0.05, 0) is 31.4 Å². The number of hydrogen-bond donors (Lipinski definition) is 1. The molecular formula is C15H22ClN3. The van der Waals surface area contributed by atoms with E-state index in [4.69, 9.17) is 11.6 Å². The molecule has 1 aromatic heterocycles. The van der Waals surface area contributed by atoms with Gasteiger partial charge in [-0.2, -0.15) is 0 Å². The lowest BCUT2D eigenvalue weighted by atomic mass is 9.92. The Bertz CT molecular complexity index is 443. The monoisotopic (exact) mass is 279 g/mol. The minimum Gasteiger partial charge on any atom is -0.308 e. The van der Waals surface area contributed by atoms with Crippen LogP contribution in [0.3, 0.4) is 0 Å². The normalized spacial score (nSPS) is 26.9. The third-order valence-corrected chi connectivity index (χ3v) is 5.03. The number of pyridine rings is 1. The predicted molar refractivity (Wildman–Crippen MR) is 78.3 cm³/mol. The molecule has 0 bridgehead atoms. The van der Waals surface area contributed by atoms with Crippen molar-refractivity contribution in [1.29, 1.82) is 0 Å². The number of nitrogens with zero attached hydrogens (tertiary/aromatic N) is 2. The van der Waals surface area contributed by atoms with Gasteiger partial charge >= 0.3 is 0 Å². The second-order valence-corrected chi connectivity index (χ2v) is 6.50. The molecule has 0 radical (unpaired) electrons. The molecule has 1 aliphatic carbocycles. The molecule has 1 atom stereocenters. The van der Waals surface area contributed by atoms with Crippen LogP contribution in [0.5, 0.6) is 0 Å². The lowest BCUT2D eigenvalue weighted by Crippen LogP contribution is -2.62. The Morgan fingerprint density at radius 2 is 2.26 bits per heavy atom. The van der Waals surface area contributed by atoms with Gasteiger partial charge in [0.1, 0.15) is 0 Å². The number of hydrogen-bond acceptors (Lipinski definition) is 3. The standard InChI is InChI=1S/C15H22ClN3/c1-12-8-18-15(5-2-3-6-15)11-19(12)10-13-4-7-17-9-14(13)16/h4,7,9,12,18H,2-3,5-6,8,10-11H2,1H3. The second-order valence-electron chi connectivity index (χ2n) is 6.09. The van der Waals surface area contributed by atoms with Crippen molar-refractivity contribution in [2.45, 2.75) is 50.7 Å². The van der Waals surface area contributed by atoms with Gasteiger partial charge in [-0.1, -0.05) is 24.4 Å². The summed E-state index contributed by atoms with van der Waals surface area (Å²) in [5.41, 5.74) is 1.56. The Kier molecular flexibility index (Phi) is 3.79. The minimum atomic E-state index is 0.367. The van der Waals surface area contributed by atoms with Gasteiger partial charge < -0.3 is 5.32 Å². The van der Waals surface area contributed by atoms with E-state index in [1.54, 1.807) is 6.20 Å². The zero-order valence-electron chi connectivity index (χ0n) is 11.5. The Labute approximate surface area is 120 Å². The number of halogens is 1. The van der Waals surface area contributed by atoms with Crippen molar-refractivity contribution in [3.8, 4) is 0 Å². The summed E-state index contributed by atoms with van der Waals surface area (Å²) in [6, 6.07) is 2.61. The first-order valence-corrected chi connectivity index (χ1v) is 7.64. The van der Waals surface area contributed by atoms with Crippen LogP contribution in [0.25, 0.3) is 0 Å². The van der Waals surface area contributed by atoms with Gasteiger partial charge in [0, 0.05) is 43.6 Å². The first kappa shape index (κ1) is 13.3. The highest BCUT2D eigenvalue weighted by Gasteiger charge is 2.39. The van der Waals surface area contributed by atoms with Crippen LogP contribution in [0.1, 0.15) is 38.2 Å². The van der Waals surface area contributed by atoms with Gasteiger partial charge in [0.15, 0.2) is 0 Å². The van der Waals surface area contributed by atoms with Crippen molar-refractivity contribution >= 4 is 11.6 Å². The minimum absolute atomic E-state index is 0.367. The molecule has 4 heteroatoms. The quantitative estimate of drug-likeness (QED) is 0.902. The molecule has 1 aromatic rings. The van der Waals surface area contributed by atoms with Crippen molar-refractivity contribution in [1.82, 2.24) is 15.2 Å². The van der Waals surface area contributed by atoms with Gasteiger partial charge in [0.25, 0.3) is 0 Å². The van der Waals surface area contributed by atoms with Crippen LogP contribution in [0.15, 0.2) is 18.5 Å². The van der Waals surface area contributed by atoms with Crippen LogP contribution in [-0.2, 0) is 6.54 Å². The largest absolute Gasteiger partial charge is 0.308 e. The summed E-state index contributed by atoms with van der Waals surface area (Å²) in [6.07, 6.45) is 8.95. The Morgan fingerprint density at radius 1 is 1.47 bits per heavy atom. The molecule has 1 spiro atoms. The topological polar surface area (TPSA) is 28.2 Å². The van der Waals surface area contributed by atoms with Gasteiger partial charge in [-0.25, -0.2) is 0 Å². The summed E-state index contributed by atoms with van der Waals surface area (Å²) in [6.45, 7) is 5.46. The number of nitrogens with one attached hydrogen (secondary N) is 1. The molecule has 1 saturated carbocycles. The highest BCUT2D eigenvalue weighted by Crippen LogP contribution is 2.34. The molecule has 1 saturated heterocycles. The van der Waals surface area contributed by atoms with E-state index in [0.717, 1.165) is 24.7 Å². The van der Waals surface area contributed by atoms with Crippen LogP contribution in [0.4, 0.5) is 0 Å². The van der Waals surface area contributed by atoms with Gasteiger partial charge in [0.2, 0.25) is 0 Å². The SMILES string of the molecule is CC1CNC2(CCCC2)CN1Cc1ccncc1Cl. The average molecular weight is 280 g/mol. The molecule has 104 valence electrons. The van der Waals surface area contributed by atoms with Gasteiger partial charge in [0.05, 0.1) is 5.02 Å². The molecule has 19 heavy (non-hydrogen) atoms. The first-order chi connectivity index (χ1) is 9.19. The van der Waals surface area contributed by atoms with Gasteiger partial charge in [-0.15, -0.1) is 0 Å². The third kappa shape index (κ3) is 2.78. The van der Waals surface area contributed by atoms with Gasteiger partial charge in [-0.3, -0.25) is 9.88 Å². The molecule has 0 aromatic carbocycles. The fraction of sp³-hybridized carbons (Fsp3) is 0.667. The Morgan fingerprint density at radius 3 is 3.00 bits per heavy atom. The lowest BCUT2D eigenvalue weighted by molar-refractivity contribution is 0.0827. The zero-order chi connectivity index (χ0) is 13.3. The van der Waals surface area contributed by atoms with Crippen molar-refractivity contribution in [2.75, 3.05) is 13.1 Å². The number of rotatable bonds is 2.